The van der Waals surface area contributed by atoms with Gasteiger partial charge in [-0.3, -0.25) is 0 Å². The molecule has 0 atom stereocenters. The SMILES string of the molecule is C[Se]c1cc(O)c(NC=O)cc1N=NN(C)C. The molecule has 0 heterocycles. The molecule has 1 aromatic carbocycles. The van der Waals surface area contributed by atoms with Gasteiger partial charge in [0, 0.05) is 0 Å². The molecule has 0 aliphatic carbocycles. The van der Waals surface area contributed by atoms with Crippen LogP contribution in [-0.4, -0.2) is 45.6 Å². The zero-order valence-electron chi connectivity index (χ0n) is 9.84. The average Bonchev–Trinajstić information content (AvgIpc) is 2.29. The van der Waals surface area contributed by atoms with Gasteiger partial charge >= 0.3 is 106 Å². The summed E-state index contributed by atoms with van der Waals surface area (Å²) in [5.41, 5.74) is 0.990. The number of benzene rings is 1. The molecule has 7 heteroatoms. The number of rotatable bonds is 5. The second-order valence-corrected chi connectivity index (χ2v) is 5.12. The third-order valence-corrected chi connectivity index (χ3v) is 3.45. The van der Waals surface area contributed by atoms with Gasteiger partial charge in [-0.05, 0) is 0 Å². The van der Waals surface area contributed by atoms with Gasteiger partial charge in [-0.2, -0.15) is 0 Å². The third-order valence-electron chi connectivity index (χ3n) is 1.84. The fraction of sp³-hybridized carbons (Fsp3) is 0.300. The number of carbonyl (C=O) groups is 1. The van der Waals surface area contributed by atoms with Crippen molar-refractivity contribution in [3.8, 4) is 5.75 Å². The van der Waals surface area contributed by atoms with Crippen molar-refractivity contribution in [2.75, 3.05) is 19.4 Å². The van der Waals surface area contributed by atoms with Crippen molar-refractivity contribution in [2.45, 2.75) is 5.82 Å². The predicted molar refractivity (Wildman–Crippen MR) is 67.2 cm³/mol. The Balaban J connectivity index is 3.16. The van der Waals surface area contributed by atoms with Crippen LogP contribution in [0.5, 0.6) is 5.75 Å². The molecule has 0 saturated carbocycles. The van der Waals surface area contributed by atoms with Crippen molar-refractivity contribution in [2.24, 2.45) is 10.3 Å². The summed E-state index contributed by atoms with van der Waals surface area (Å²) < 4.78 is 0.928. The molecule has 92 valence electrons. The Labute approximate surface area is 106 Å². The number of nitrogens with one attached hydrogen (secondary N) is 1. The van der Waals surface area contributed by atoms with E-state index < -0.39 is 0 Å². The number of hydrogen-bond donors (Lipinski definition) is 2. The summed E-state index contributed by atoms with van der Waals surface area (Å²) in [6.07, 6.45) is 0.513. The average molecular weight is 301 g/mol. The number of hydrogen-bond acceptors (Lipinski definition) is 4. The van der Waals surface area contributed by atoms with Crippen LogP contribution in [-0.2, 0) is 4.79 Å². The number of aromatic hydroxyl groups is 1. The van der Waals surface area contributed by atoms with Crippen molar-refractivity contribution in [3.05, 3.63) is 12.1 Å². The molecule has 0 aromatic heterocycles. The fourth-order valence-electron chi connectivity index (χ4n) is 1.12. The van der Waals surface area contributed by atoms with Gasteiger partial charge in [0.1, 0.15) is 0 Å². The number of phenols is 1. The number of phenolic OH excluding ortho intramolecular Hbond substituents is 1. The van der Waals surface area contributed by atoms with E-state index in [1.807, 2.05) is 5.82 Å². The first kappa shape index (κ1) is 13.5. The molecule has 2 N–H and O–H groups in total. The zero-order valence-corrected chi connectivity index (χ0v) is 11.6. The summed E-state index contributed by atoms with van der Waals surface area (Å²) in [6, 6.07) is 3.22. The van der Waals surface area contributed by atoms with Crippen LogP contribution in [0.2, 0.25) is 5.82 Å². The molecule has 0 spiro atoms. The van der Waals surface area contributed by atoms with E-state index in [0.717, 1.165) is 4.46 Å². The van der Waals surface area contributed by atoms with Crippen LogP contribution in [0.4, 0.5) is 11.4 Å². The second-order valence-electron chi connectivity index (χ2n) is 3.34. The standard InChI is InChI=1S/C10H14N4O2Se/c1-14(2)13-12-8-4-7(11-6-15)9(16)5-10(8)17-3/h4-6,16H,1-3H3,(H,11,15). The van der Waals surface area contributed by atoms with Gasteiger partial charge in [-0.25, -0.2) is 0 Å². The molecule has 0 fully saturated rings. The Hall–Kier alpha value is -1.59. The molecule has 0 aliphatic rings. The van der Waals surface area contributed by atoms with Gasteiger partial charge < -0.3 is 0 Å². The van der Waals surface area contributed by atoms with E-state index in [0.29, 0.717) is 17.8 Å². The van der Waals surface area contributed by atoms with E-state index in [4.69, 9.17) is 0 Å². The Morgan fingerprint density at radius 2 is 2.18 bits per heavy atom. The number of anilines is 1. The molecule has 17 heavy (non-hydrogen) atoms. The van der Waals surface area contributed by atoms with Crippen molar-refractivity contribution in [3.63, 3.8) is 0 Å². The van der Waals surface area contributed by atoms with Crippen molar-refractivity contribution in [1.82, 2.24) is 5.01 Å². The van der Waals surface area contributed by atoms with Gasteiger partial charge in [-0.15, -0.1) is 0 Å². The summed E-state index contributed by atoms with van der Waals surface area (Å²) in [7, 11) is 3.54. The van der Waals surface area contributed by atoms with Crippen molar-refractivity contribution < 1.29 is 9.90 Å². The minimum atomic E-state index is 0.0413. The van der Waals surface area contributed by atoms with Gasteiger partial charge in [0.2, 0.25) is 0 Å². The molecular weight excluding hydrogens is 287 g/mol. The van der Waals surface area contributed by atoms with Crippen LogP contribution >= 0.6 is 0 Å². The van der Waals surface area contributed by atoms with Gasteiger partial charge in [0.05, 0.1) is 0 Å². The third kappa shape index (κ3) is 3.72. The van der Waals surface area contributed by atoms with E-state index in [2.05, 4.69) is 15.7 Å². The van der Waals surface area contributed by atoms with Crippen LogP contribution in [0.25, 0.3) is 0 Å². The zero-order chi connectivity index (χ0) is 12.8. The Morgan fingerprint density at radius 3 is 2.71 bits per heavy atom. The molecule has 0 aliphatic heterocycles. The van der Waals surface area contributed by atoms with E-state index in [-0.39, 0.29) is 20.7 Å². The maximum absolute atomic E-state index is 10.4. The topological polar surface area (TPSA) is 77.3 Å². The first-order chi connectivity index (χ1) is 8.08. The molecule has 1 rings (SSSR count). The Morgan fingerprint density at radius 1 is 1.47 bits per heavy atom. The van der Waals surface area contributed by atoms with E-state index >= 15 is 0 Å². The van der Waals surface area contributed by atoms with E-state index in [1.54, 1.807) is 31.2 Å². The van der Waals surface area contributed by atoms with E-state index in [1.165, 1.54) is 0 Å². The van der Waals surface area contributed by atoms with Crippen LogP contribution in [0.15, 0.2) is 22.5 Å². The molecule has 0 saturated heterocycles. The van der Waals surface area contributed by atoms with Gasteiger partial charge in [-0.1, -0.05) is 0 Å². The Bertz CT molecular complexity index is 435. The minimum absolute atomic E-state index is 0.0413. The number of nitrogens with zero attached hydrogens (tertiary/aromatic N) is 3. The van der Waals surface area contributed by atoms with Gasteiger partial charge in [0.15, 0.2) is 0 Å². The van der Waals surface area contributed by atoms with Crippen molar-refractivity contribution in [1.29, 1.82) is 0 Å². The summed E-state index contributed by atoms with van der Waals surface area (Å²) in [6.45, 7) is 0. The molecular formula is C10H14N4O2Se. The predicted octanol–water partition coefficient (Wildman–Crippen LogP) is 0.898. The summed E-state index contributed by atoms with van der Waals surface area (Å²) in [5.74, 6) is 2.06. The maximum atomic E-state index is 10.4. The Kier molecular flexibility index (Phi) is 4.93. The number of amides is 1. The normalized spacial score (nSPS) is 10.5. The monoisotopic (exact) mass is 302 g/mol. The fourth-order valence-corrected chi connectivity index (χ4v) is 2.25. The van der Waals surface area contributed by atoms with Gasteiger partial charge in [0.25, 0.3) is 0 Å². The van der Waals surface area contributed by atoms with Crippen LogP contribution in [0.1, 0.15) is 0 Å². The molecule has 1 amide bonds. The van der Waals surface area contributed by atoms with Crippen molar-refractivity contribution >= 4 is 37.2 Å². The molecule has 0 unspecified atom stereocenters. The number of carbonyl (C=O) groups excluding carboxylic acids is 1. The molecule has 1 aromatic rings. The van der Waals surface area contributed by atoms with Crippen LogP contribution < -0.4 is 9.78 Å². The molecule has 0 bridgehead atoms. The first-order valence-electron chi connectivity index (χ1n) is 4.78. The summed E-state index contributed by atoms with van der Waals surface area (Å²) >= 11 is 0.178. The second kappa shape index (κ2) is 6.22. The van der Waals surface area contributed by atoms with Crippen LogP contribution in [0, 0.1) is 0 Å². The van der Waals surface area contributed by atoms with E-state index in [9.17, 15) is 9.90 Å². The molecule has 6 nitrogen and oxygen atoms in total. The summed E-state index contributed by atoms with van der Waals surface area (Å²) in [5, 5.41) is 21.6. The van der Waals surface area contributed by atoms with Crippen LogP contribution in [0.3, 0.4) is 0 Å². The summed E-state index contributed by atoms with van der Waals surface area (Å²) in [4.78, 5) is 10.4. The quantitative estimate of drug-likeness (QED) is 0.279. The molecule has 0 radical (unpaired) electrons. The first-order valence-corrected chi connectivity index (χ1v) is 7.35.